The molecule has 8 rings (SSSR count). The number of aliphatic hydroxyl groups excluding tert-OH is 4. The predicted octanol–water partition coefficient (Wildman–Crippen LogP) is -2.19. The van der Waals surface area contributed by atoms with Crippen molar-refractivity contribution >= 4 is 29.8 Å². The van der Waals surface area contributed by atoms with Crippen molar-refractivity contribution in [2.45, 2.75) is 112 Å². The molecule has 9 atom stereocenters. The van der Waals surface area contributed by atoms with E-state index in [1.807, 2.05) is 49.0 Å². The van der Waals surface area contributed by atoms with Gasteiger partial charge in [-0.25, -0.2) is 0 Å². The lowest BCUT2D eigenvalue weighted by Crippen LogP contribution is -2.49. The van der Waals surface area contributed by atoms with E-state index in [0.717, 1.165) is 90.9 Å². The van der Waals surface area contributed by atoms with Crippen LogP contribution in [0.1, 0.15) is 51.4 Å². The third-order valence-corrected chi connectivity index (χ3v) is 12.7. The van der Waals surface area contributed by atoms with Crippen molar-refractivity contribution < 1.29 is 74.7 Å². The number of rotatable bonds is 6. The van der Waals surface area contributed by atoms with Crippen LogP contribution in [0.4, 0.5) is 0 Å². The molecule has 23 heteroatoms. The Morgan fingerprint density at radius 1 is 0.493 bits per heavy atom. The molecular formula is C44H84N8O15. The highest BCUT2D eigenvalue weighted by atomic mass is 16.5. The summed E-state index contributed by atoms with van der Waals surface area (Å²) >= 11 is 0. The minimum atomic E-state index is -0.937. The molecule has 8 aliphatic heterocycles. The maximum Gasteiger partial charge on any atom is 0.324 e. The number of carbonyl (C=O) groups is 5. The molecule has 0 amide bonds. The molecule has 0 aromatic carbocycles. The first kappa shape index (κ1) is 61.6. The van der Waals surface area contributed by atoms with E-state index in [2.05, 4.69) is 16.8 Å². The second-order valence-corrected chi connectivity index (χ2v) is 18.4. The molecule has 0 saturated carbocycles. The summed E-state index contributed by atoms with van der Waals surface area (Å²) < 4.78 is 5.01. The fourth-order valence-corrected chi connectivity index (χ4v) is 8.07. The molecule has 9 N–H and O–H groups in total. The average molecular weight is 965 g/mol. The van der Waals surface area contributed by atoms with Crippen molar-refractivity contribution in [3.05, 3.63) is 12.2 Å². The van der Waals surface area contributed by atoms with Crippen molar-refractivity contribution in [1.29, 1.82) is 0 Å². The topological polar surface area (TPSA) is 303 Å². The number of ether oxygens (including phenoxy) is 1. The molecule has 8 heterocycles. The minimum absolute atomic E-state index is 0.0509. The van der Waals surface area contributed by atoms with Gasteiger partial charge in [-0.1, -0.05) is 12.2 Å². The quantitative estimate of drug-likeness (QED) is 0.128. The summed E-state index contributed by atoms with van der Waals surface area (Å²) in [6, 6.07) is -2.00. The van der Waals surface area contributed by atoms with Gasteiger partial charge in [-0.15, -0.1) is 0 Å². The van der Waals surface area contributed by atoms with E-state index >= 15 is 0 Å². The van der Waals surface area contributed by atoms with Crippen LogP contribution in [0.3, 0.4) is 0 Å². The Kier molecular flexibility index (Phi) is 29.1. The maximum absolute atomic E-state index is 10.4. The van der Waals surface area contributed by atoms with Gasteiger partial charge < -0.3 is 60.5 Å². The van der Waals surface area contributed by atoms with E-state index in [1.54, 1.807) is 49.0 Å². The van der Waals surface area contributed by atoms with Crippen LogP contribution < -0.4 is 0 Å². The summed E-state index contributed by atoms with van der Waals surface area (Å²) in [5.74, 6) is -3.94. The van der Waals surface area contributed by atoms with Gasteiger partial charge in [-0.2, -0.15) is 0 Å². The fourth-order valence-electron chi connectivity index (χ4n) is 8.07. The SMILES string of the molecule is CN1CC(O)CC1C(=O)O.CN1CC=CC1C(=O)O.CN1CCC(O)C1.CN1CCC(O)C1C(=O)O.CN1CCC1C(=O)O.CN1CCCC1C(=O)O.CN1CCCC1O.COC1CN(C)C1. The maximum atomic E-state index is 10.4. The Morgan fingerprint density at radius 2 is 1.03 bits per heavy atom. The monoisotopic (exact) mass is 965 g/mol. The molecule has 9 unspecified atom stereocenters. The summed E-state index contributed by atoms with van der Waals surface area (Å²) in [6.07, 6.45) is 9.33. The van der Waals surface area contributed by atoms with E-state index in [9.17, 15) is 24.0 Å². The first-order chi connectivity index (χ1) is 31.3. The number of carboxylic acids is 5. The van der Waals surface area contributed by atoms with Gasteiger partial charge in [0.1, 0.15) is 36.4 Å². The Labute approximate surface area is 396 Å². The Hall–Kier alpha value is -3.43. The van der Waals surface area contributed by atoms with Gasteiger partial charge in [0.05, 0.1) is 24.4 Å². The van der Waals surface area contributed by atoms with Gasteiger partial charge >= 0.3 is 29.8 Å². The highest BCUT2D eigenvalue weighted by Gasteiger charge is 2.36. The molecule has 0 bridgehead atoms. The Morgan fingerprint density at radius 3 is 1.19 bits per heavy atom. The lowest BCUT2D eigenvalue weighted by atomic mass is 10.1. The number of aliphatic hydroxyl groups is 4. The van der Waals surface area contributed by atoms with E-state index in [-0.39, 0.29) is 24.4 Å². The van der Waals surface area contributed by atoms with Gasteiger partial charge in [0.15, 0.2) is 0 Å². The minimum Gasteiger partial charge on any atom is -0.480 e. The first-order valence-corrected chi connectivity index (χ1v) is 22.9. The van der Waals surface area contributed by atoms with E-state index < -0.39 is 60.2 Å². The summed E-state index contributed by atoms with van der Waals surface area (Å²) in [4.78, 5) is 66.7. The Bertz CT molecular complexity index is 1490. The molecule has 7 saturated heterocycles. The highest BCUT2D eigenvalue weighted by molar-refractivity contribution is 5.76. The van der Waals surface area contributed by atoms with Gasteiger partial charge in [-0.3, -0.25) is 53.4 Å². The number of carboxylic acid groups (broad SMARTS) is 5. The van der Waals surface area contributed by atoms with Crippen LogP contribution in [0.5, 0.6) is 0 Å². The number of β-amino-alcohol motifs (C(OH)–C–C–N with tert-alkyl or cyclic N) is 2. The molecular weight excluding hydrogens is 881 g/mol. The zero-order valence-electron chi connectivity index (χ0n) is 41.2. The number of hydrogen-bond acceptors (Lipinski definition) is 18. The molecule has 390 valence electrons. The molecule has 0 aliphatic carbocycles. The number of aliphatic carboxylic acids is 5. The van der Waals surface area contributed by atoms with Crippen LogP contribution in [0.2, 0.25) is 0 Å². The van der Waals surface area contributed by atoms with Crippen LogP contribution in [-0.4, -0.2) is 305 Å². The summed E-state index contributed by atoms with van der Waals surface area (Å²) in [5, 5.41) is 78.4. The average Bonchev–Trinajstić information content (AvgIpc) is 4.10. The number of nitrogens with zero attached hydrogens (tertiary/aromatic N) is 8. The Balaban J connectivity index is 0.000000384. The van der Waals surface area contributed by atoms with Crippen LogP contribution >= 0.6 is 0 Å². The van der Waals surface area contributed by atoms with Crippen molar-refractivity contribution in [3.63, 3.8) is 0 Å². The third kappa shape index (κ3) is 23.2. The molecule has 8 aliphatic rings. The molecule has 0 spiro atoms. The zero-order chi connectivity index (χ0) is 51.1. The predicted molar refractivity (Wildman–Crippen MR) is 249 cm³/mol. The van der Waals surface area contributed by atoms with Crippen molar-refractivity contribution in [2.24, 2.45) is 0 Å². The lowest BCUT2D eigenvalue weighted by molar-refractivity contribution is -0.147. The summed E-state index contributed by atoms with van der Waals surface area (Å²) in [6.45, 7) is 8.93. The molecule has 0 radical (unpaired) electrons. The van der Waals surface area contributed by atoms with Gasteiger partial charge in [0, 0.05) is 72.4 Å². The fraction of sp³-hybridized carbons (Fsp3) is 0.841. The van der Waals surface area contributed by atoms with Crippen molar-refractivity contribution in [1.82, 2.24) is 39.2 Å². The van der Waals surface area contributed by atoms with Crippen molar-refractivity contribution in [3.8, 4) is 0 Å². The highest BCUT2D eigenvalue weighted by Crippen LogP contribution is 2.17. The smallest absolute Gasteiger partial charge is 0.324 e. The van der Waals surface area contributed by atoms with Crippen LogP contribution in [0.25, 0.3) is 0 Å². The number of likely N-dealkylation sites (tertiary alicyclic amines) is 7. The van der Waals surface area contributed by atoms with E-state index in [4.69, 9.17) is 50.7 Å². The molecule has 0 aromatic heterocycles. The lowest BCUT2D eigenvalue weighted by Gasteiger charge is -2.34. The largest absolute Gasteiger partial charge is 0.480 e. The molecule has 67 heavy (non-hydrogen) atoms. The van der Waals surface area contributed by atoms with Crippen LogP contribution in [0, 0.1) is 0 Å². The summed E-state index contributed by atoms with van der Waals surface area (Å²) in [7, 11) is 16.7. The molecule has 23 nitrogen and oxygen atoms in total. The molecule has 7 fully saturated rings. The van der Waals surface area contributed by atoms with Crippen LogP contribution in [0.15, 0.2) is 12.2 Å². The third-order valence-electron chi connectivity index (χ3n) is 12.7. The van der Waals surface area contributed by atoms with Gasteiger partial charge in [0.2, 0.25) is 0 Å². The number of hydrogen-bond donors (Lipinski definition) is 9. The summed E-state index contributed by atoms with van der Waals surface area (Å²) in [5.41, 5.74) is 0. The normalized spacial score (nSPS) is 31.1. The zero-order valence-corrected chi connectivity index (χ0v) is 41.2. The van der Waals surface area contributed by atoms with Crippen molar-refractivity contribution in [2.75, 3.05) is 129 Å². The number of likely N-dealkylation sites (N-methyl/N-ethyl adjacent to an activating group) is 7. The van der Waals surface area contributed by atoms with Gasteiger partial charge in [0.25, 0.3) is 0 Å². The second-order valence-electron chi connectivity index (χ2n) is 18.4. The molecule has 0 aromatic rings. The van der Waals surface area contributed by atoms with E-state index in [0.29, 0.717) is 32.0 Å². The van der Waals surface area contributed by atoms with Crippen LogP contribution in [-0.2, 0) is 28.7 Å². The number of methoxy groups -OCH3 is 1. The second kappa shape index (κ2) is 31.6. The first-order valence-electron chi connectivity index (χ1n) is 22.9. The van der Waals surface area contributed by atoms with E-state index in [1.165, 1.54) is 0 Å². The van der Waals surface area contributed by atoms with Gasteiger partial charge in [-0.05, 0) is 108 Å². The standard InChI is InChI=1S/2C6H11NO3.C6H11NO2.C6H9NO2.C5H9NO2.3C5H11NO/c1-7-3-4(8)2-5(7)6(9)10;1-7-3-2-4(8)5(7)6(9)10;2*1-7-4-2-3-5(7)6(8)9;1-6-3-2-4(6)5(7)8;1-6-3-5(4-6)7-2;1-6-3-2-5(7)4-6;1-6-4-2-3-5(6)7/h2*4-5,8H,2-3H2,1H3,(H,9,10);5H,2-4H2,1H3,(H,8,9);2-3,5H,4H2,1H3,(H,8,9);4H,2-3H2,1H3,(H,7,8);5H,3-4H2,1-2H3;2*5,7H,2-4H2,1H3.